The van der Waals surface area contributed by atoms with Crippen LogP contribution in [0.25, 0.3) is 0 Å². The average molecular weight is 256 g/mol. The van der Waals surface area contributed by atoms with Crippen LogP contribution in [0.15, 0.2) is 30.3 Å². The van der Waals surface area contributed by atoms with Gasteiger partial charge in [0.15, 0.2) is 0 Å². The van der Waals surface area contributed by atoms with Gasteiger partial charge in [-0.3, -0.25) is 4.79 Å². The second-order valence-corrected chi connectivity index (χ2v) is 3.96. The van der Waals surface area contributed by atoms with Gasteiger partial charge in [0, 0.05) is 18.9 Å². The summed E-state index contributed by atoms with van der Waals surface area (Å²) in [5, 5.41) is 0.823. The first-order valence-electron chi connectivity index (χ1n) is 4.58. The van der Waals surface area contributed by atoms with Crippen molar-refractivity contribution in [2.45, 2.75) is 6.42 Å². The lowest BCUT2D eigenvalue weighted by Crippen LogP contribution is -2.29. The van der Waals surface area contributed by atoms with Crippen molar-refractivity contribution in [3.8, 4) is 0 Å². The smallest absolute Gasteiger partial charge is 0.226 e. The topological polar surface area (TPSA) is 20.3 Å². The molecule has 0 N–H and O–H groups in total. The third-order valence-corrected chi connectivity index (χ3v) is 2.40. The number of hydrogen-bond donors (Lipinski definition) is 0. The Morgan fingerprint density at radius 2 is 2.00 bits per heavy atom. The number of rotatable bonds is 4. The fraction of sp³-hybridized carbons (Fsp3) is 0.364. The van der Waals surface area contributed by atoms with Crippen LogP contribution in [0.5, 0.6) is 0 Å². The first-order valence-corrected chi connectivity index (χ1v) is 5.70. The molecule has 0 saturated carbocycles. The molecule has 14 heavy (non-hydrogen) atoms. The Kier molecular flexibility index (Phi) is 4.66. The molecule has 0 aliphatic carbocycles. The Labute approximate surface area is 93.0 Å². The number of halogens is 1. The van der Waals surface area contributed by atoms with E-state index in [0.29, 0.717) is 6.42 Å². The van der Waals surface area contributed by atoms with Crippen molar-refractivity contribution >= 4 is 21.8 Å². The molecule has 1 amide bonds. The van der Waals surface area contributed by atoms with Crippen LogP contribution >= 0.6 is 15.9 Å². The van der Waals surface area contributed by atoms with Crippen molar-refractivity contribution in [1.29, 1.82) is 0 Å². The van der Waals surface area contributed by atoms with Crippen molar-refractivity contribution in [3.05, 3.63) is 35.9 Å². The van der Waals surface area contributed by atoms with Gasteiger partial charge in [0.25, 0.3) is 0 Å². The molecule has 0 aliphatic rings. The van der Waals surface area contributed by atoms with Crippen LogP contribution in [0.4, 0.5) is 0 Å². The molecule has 0 spiro atoms. The van der Waals surface area contributed by atoms with Crippen molar-refractivity contribution in [1.82, 2.24) is 4.90 Å². The average Bonchev–Trinajstić information content (AvgIpc) is 2.19. The lowest BCUT2D eigenvalue weighted by molar-refractivity contribution is -0.128. The van der Waals surface area contributed by atoms with Gasteiger partial charge in [0.1, 0.15) is 0 Å². The van der Waals surface area contributed by atoms with E-state index in [1.54, 1.807) is 4.90 Å². The van der Waals surface area contributed by atoms with Crippen molar-refractivity contribution < 1.29 is 4.79 Å². The maximum absolute atomic E-state index is 11.6. The molecule has 2 nitrogen and oxygen atoms in total. The number of alkyl halides is 1. The van der Waals surface area contributed by atoms with Crippen LogP contribution in [0.3, 0.4) is 0 Å². The van der Waals surface area contributed by atoms with Gasteiger partial charge in [-0.2, -0.15) is 0 Å². The summed E-state index contributed by atoms with van der Waals surface area (Å²) in [7, 11) is 1.83. The van der Waals surface area contributed by atoms with E-state index in [-0.39, 0.29) is 5.91 Å². The minimum Gasteiger partial charge on any atom is -0.345 e. The highest BCUT2D eigenvalue weighted by Crippen LogP contribution is 2.02. The fourth-order valence-electron chi connectivity index (χ4n) is 1.16. The molecule has 0 unspecified atom stereocenters. The molecule has 3 heteroatoms. The molecule has 0 atom stereocenters. The van der Waals surface area contributed by atoms with Gasteiger partial charge in [-0.05, 0) is 5.56 Å². The van der Waals surface area contributed by atoms with Crippen LogP contribution in [0.2, 0.25) is 0 Å². The van der Waals surface area contributed by atoms with Crippen LogP contribution in [-0.4, -0.2) is 29.7 Å². The predicted octanol–water partition coefficient (Wildman–Crippen LogP) is 2.08. The first kappa shape index (κ1) is 11.2. The number of benzene rings is 1. The van der Waals surface area contributed by atoms with E-state index in [1.165, 1.54) is 0 Å². The number of likely N-dealkylation sites (N-methyl/N-ethyl adjacent to an activating group) is 1. The highest BCUT2D eigenvalue weighted by molar-refractivity contribution is 9.09. The minimum atomic E-state index is 0.163. The van der Waals surface area contributed by atoms with E-state index in [0.717, 1.165) is 17.4 Å². The Hall–Kier alpha value is -0.830. The SMILES string of the molecule is CN(CCBr)C(=O)Cc1ccccc1. The van der Waals surface area contributed by atoms with Gasteiger partial charge in [-0.25, -0.2) is 0 Å². The largest absolute Gasteiger partial charge is 0.345 e. The van der Waals surface area contributed by atoms with E-state index >= 15 is 0 Å². The van der Waals surface area contributed by atoms with Gasteiger partial charge >= 0.3 is 0 Å². The summed E-state index contributed by atoms with van der Waals surface area (Å²) in [5.74, 6) is 0.163. The third kappa shape index (κ3) is 3.50. The summed E-state index contributed by atoms with van der Waals surface area (Å²) in [5.41, 5.74) is 1.07. The van der Waals surface area contributed by atoms with Crippen LogP contribution in [0.1, 0.15) is 5.56 Å². The quantitative estimate of drug-likeness (QED) is 0.755. The molecular weight excluding hydrogens is 242 g/mol. The molecule has 1 aromatic rings. The van der Waals surface area contributed by atoms with Crippen LogP contribution < -0.4 is 0 Å². The molecule has 0 bridgehead atoms. The van der Waals surface area contributed by atoms with E-state index in [2.05, 4.69) is 15.9 Å². The normalized spacial score (nSPS) is 9.86. The molecule has 0 saturated heterocycles. The third-order valence-electron chi connectivity index (χ3n) is 2.04. The van der Waals surface area contributed by atoms with Gasteiger partial charge < -0.3 is 4.90 Å². The molecule has 0 heterocycles. The number of carbonyl (C=O) groups excluding carboxylic acids is 1. The molecule has 1 rings (SSSR count). The standard InChI is InChI=1S/C11H14BrNO/c1-13(8-7-12)11(14)9-10-5-3-2-4-6-10/h2-6H,7-9H2,1H3. The van der Waals surface area contributed by atoms with Crippen molar-refractivity contribution in [3.63, 3.8) is 0 Å². The summed E-state index contributed by atoms with van der Waals surface area (Å²) < 4.78 is 0. The van der Waals surface area contributed by atoms with Crippen molar-refractivity contribution in [2.75, 3.05) is 18.9 Å². The van der Waals surface area contributed by atoms with E-state index in [9.17, 15) is 4.79 Å². The fourth-order valence-corrected chi connectivity index (χ4v) is 1.69. The molecule has 76 valence electrons. The maximum Gasteiger partial charge on any atom is 0.226 e. The van der Waals surface area contributed by atoms with Gasteiger partial charge in [0.05, 0.1) is 6.42 Å². The summed E-state index contributed by atoms with van der Waals surface area (Å²) in [6.45, 7) is 0.756. The van der Waals surface area contributed by atoms with Gasteiger partial charge in [0.2, 0.25) is 5.91 Å². The summed E-state index contributed by atoms with van der Waals surface area (Å²) in [4.78, 5) is 13.3. The number of amides is 1. The number of nitrogens with zero attached hydrogens (tertiary/aromatic N) is 1. The zero-order valence-electron chi connectivity index (χ0n) is 8.24. The second kappa shape index (κ2) is 5.81. The van der Waals surface area contributed by atoms with Crippen molar-refractivity contribution in [2.24, 2.45) is 0 Å². The number of hydrogen-bond acceptors (Lipinski definition) is 1. The Bertz CT molecular complexity index is 287. The Morgan fingerprint density at radius 1 is 1.36 bits per heavy atom. The Balaban J connectivity index is 2.49. The van der Waals surface area contributed by atoms with E-state index in [4.69, 9.17) is 0 Å². The highest BCUT2D eigenvalue weighted by Gasteiger charge is 2.07. The lowest BCUT2D eigenvalue weighted by atomic mass is 10.1. The van der Waals surface area contributed by atoms with E-state index < -0.39 is 0 Å². The Morgan fingerprint density at radius 3 is 2.57 bits per heavy atom. The predicted molar refractivity (Wildman–Crippen MR) is 61.6 cm³/mol. The molecule has 0 radical (unpaired) electrons. The monoisotopic (exact) mass is 255 g/mol. The maximum atomic E-state index is 11.6. The lowest BCUT2D eigenvalue weighted by Gasteiger charge is -2.15. The molecule has 0 aromatic heterocycles. The molecular formula is C11H14BrNO. The highest BCUT2D eigenvalue weighted by atomic mass is 79.9. The summed E-state index contributed by atoms with van der Waals surface area (Å²) >= 11 is 3.31. The summed E-state index contributed by atoms with van der Waals surface area (Å²) in [6.07, 6.45) is 0.490. The van der Waals surface area contributed by atoms with Gasteiger partial charge in [-0.1, -0.05) is 46.3 Å². The zero-order valence-corrected chi connectivity index (χ0v) is 9.83. The zero-order chi connectivity index (χ0) is 10.4. The molecule has 1 aromatic carbocycles. The van der Waals surface area contributed by atoms with Crippen LogP contribution in [-0.2, 0) is 11.2 Å². The second-order valence-electron chi connectivity index (χ2n) is 3.17. The molecule has 0 fully saturated rings. The van der Waals surface area contributed by atoms with Crippen LogP contribution in [0, 0.1) is 0 Å². The first-order chi connectivity index (χ1) is 6.74. The minimum absolute atomic E-state index is 0.163. The summed E-state index contributed by atoms with van der Waals surface area (Å²) in [6, 6.07) is 9.80. The number of carbonyl (C=O) groups is 1. The van der Waals surface area contributed by atoms with E-state index in [1.807, 2.05) is 37.4 Å². The molecule has 0 aliphatic heterocycles. The van der Waals surface area contributed by atoms with Gasteiger partial charge in [-0.15, -0.1) is 0 Å².